The van der Waals surface area contributed by atoms with Gasteiger partial charge < -0.3 is 16.4 Å². The highest BCUT2D eigenvalue weighted by atomic mass is 19.1. The van der Waals surface area contributed by atoms with Gasteiger partial charge in [-0.25, -0.2) is 4.39 Å². The van der Waals surface area contributed by atoms with E-state index in [-0.39, 0.29) is 30.1 Å². The van der Waals surface area contributed by atoms with Crippen LogP contribution in [0, 0.1) is 5.82 Å². The summed E-state index contributed by atoms with van der Waals surface area (Å²) < 4.78 is 13.6. The number of anilines is 1. The number of benzene rings is 2. The Balaban J connectivity index is 1.34. The maximum absolute atomic E-state index is 13.6. The summed E-state index contributed by atoms with van der Waals surface area (Å²) in [6.07, 6.45) is 4.87. The number of nitrogens with two attached hydrogens (primary N) is 1. The van der Waals surface area contributed by atoms with Crippen LogP contribution in [0.2, 0.25) is 0 Å². The Morgan fingerprint density at radius 1 is 1.10 bits per heavy atom. The fourth-order valence-corrected chi connectivity index (χ4v) is 3.81. The predicted octanol–water partition coefficient (Wildman–Crippen LogP) is 3.67. The minimum Gasteiger partial charge on any atom is -0.349 e. The van der Waals surface area contributed by atoms with E-state index in [1.807, 2.05) is 0 Å². The summed E-state index contributed by atoms with van der Waals surface area (Å²) in [4.78, 5) is 28.8. The molecule has 1 heterocycles. The lowest BCUT2D eigenvalue weighted by Crippen LogP contribution is -2.30. The summed E-state index contributed by atoms with van der Waals surface area (Å²) in [6.45, 7) is 0. The maximum atomic E-state index is 13.6. The highest BCUT2D eigenvalue weighted by Gasteiger charge is 2.25. The lowest BCUT2D eigenvalue weighted by atomic mass is 10.0. The van der Waals surface area contributed by atoms with Gasteiger partial charge in [-0.15, -0.1) is 0 Å². The number of amides is 2. The molecule has 0 fully saturated rings. The van der Waals surface area contributed by atoms with Crippen LogP contribution in [-0.2, 0) is 11.2 Å². The fourth-order valence-electron chi connectivity index (χ4n) is 3.81. The molecule has 0 saturated carbocycles. The number of carbonyl (C=O) groups excluding carboxylic acids is 2. The van der Waals surface area contributed by atoms with Gasteiger partial charge in [0.25, 0.3) is 5.91 Å². The zero-order valence-corrected chi connectivity index (χ0v) is 16.8. The van der Waals surface area contributed by atoms with Gasteiger partial charge in [-0.1, -0.05) is 18.2 Å². The average molecular weight is 418 g/mol. The number of hydrogen-bond acceptors (Lipinski definition) is 4. The van der Waals surface area contributed by atoms with Crippen LogP contribution in [0.5, 0.6) is 0 Å². The quantitative estimate of drug-likeness (QED) is 0.569. The minimum absolute atomic E-state index is 0.101. The largest absolute Gasteiger partial charge is 0.349 e. The Hall–Kier alpha value is -3.58. The molecule has 1 aromatic heterocycles. The normalized spacial score (nSPS) is 15.7. The van der Waals surface area contributed by atoms with Crippen molar-refractivity contribution in [2.24, 2.45) is 5.73 Å². The number of nitrogens with zero attached hydrogens (tertiary/aromatic N) is 1. The van der Waals surface area contributed by atoms with Gasteiger partial charge in [0.05, 0.1) is 6.04 Å². The van der Waals surface area contributed by atoms with Gasteiger partial charge in [-0.05, 0) is 65.9 Å². The number of carbonyl (C=O) groups is 2. The Bertz CT molecular complexity index is 1090. The summed E-state index contributed by atoms with van der Waals surface area (Å²) in [6, 6.07) is 14.3. The van der Waals surface area contributed by atoms with E-state index in [1.165, 1.54) is 12.1 Å². The van der Waals surface area contributed by atoms with E-state index in [0.717, 1.165) is 29.5 Å². The van der Waals surface area contributed by atoms with Crippen molar-refractivity contribution in [2.45, 2.75) is 31.3 Å². The van der Waals surface area contributed by atoms with Gasteiger partial charge in [0.1, 0.15) is 5.82 Å². The molecule has 1 aliphatic carbocycles. The molecule has 158 valence electrons. The number of halogens is 1. The molecule has 4 N–H and O–H groups in total. The van der Waals surface area contributed by atoms with Crippen LogP contribution in [0.15, 0.2) is 67.0 Å². The molecule has 0 spiro atoms. The lowest BCUT2D eigenvalue weighted by Gasteiger charge is -2.17. The Kier molecular flexibility index (Phi) is 6.04. The monoisotopic (exact) mass is 418 g/mol. The zero-order valence-electron chi connectivity index (χ0n) is 16.8. The van der Waals surface area contributed by atoms with E-state index in [0.29, 0.717) is 11.3 Å². The number of aromatic nitrogens is 1. The first-order chi connectivity index (χ1) is 15.0. The van der Waals surface area contributed by atoms with Crippen LogP contribution < -0.4 is 16.4 Å². The standard InChI is InChI=1S/C24H23FN4O2/c25-18-7-5-15-6-8-22(20(15)13-18)29-23(30)14-21(26)16-1-3-17(4-2-16)24(31)28-19-9-11-27-12-10-19/h1-5,7,9-13,21-22H,6,8,14,26H2,(H,29,30)(H,27,28,31). The van der Waals surface area contributed by atoms with Crippen LogP contribution in [0.4, 0.5) is 10.1 Å². The van der Waals surface area contributed by atoms with E-state index in [2.05, 4.69) is 15.6 Å². The Morgan fingerprint density at radius 3 is 2.58 bits per heavy atom. The highest BCUT2D eigenvalue weighted by Crippen LogP contribution is 2.31. The lowest BCUT2D eigenvalue weighted by molar-refractivity contribution is -0.122. The van der Waals surface area contributed by atoms with Gasteiger partial charge in [-0.3, -0.25) is 14.6 Å². The summed E-state index contributed by atoms with van der Waals surface area (Å²) in [5.74, 6) is -0.727. The number of hydrogen-bond donors (Lipinski definition) is 3. The van der Waals surface area contributed by atoms with Crippen molar-refractivity contribution in [1.29, 1.82) is 0 Å². The molecular formula is C24H23FN4O2. The van der Waals surface area contributed by atoms with E-state index >= 15 is 0 Å². The Labute approximate surface area is 179 Å². The van der Waals surface area contributed by atoms with Crippen LogP contribution in [0.3, 0.4) is 0 Å². The molecule has 6 nitrogen and oxygen atoms in total. The van der Waals surface area contributed by atoms with Gasteiger partial charge in [0.15, 0.2) is 0 Å². The van der Waals surface area contributed by atoms with Crippen molar-refractivity contribution in [2.75, 3.05) is 5.32 Å². The van der Waals surface area contributed by atoms with Gasteiger partial charge in [-0.2, -0.15) is 0 Å². The van der Waals surface area contributed by atoms with Gasteiger partial charge >= 0.3 is 0 Å². The molecule has 4 rings (SSSR count). The molecule has 0 bridgehead atoms. The molecule has 3 aromatic rings. The molecule has 2 aromatic carbocycles. The van der Waals surface area contributed by atoms with Crippen molar-refractivity contribution < 1.29 is 14.0 Å². The second-order valence-corrected chi connectivity index (χ2v) is 7.62. The third-order valence-electron chi connectivity index (χ3n) is 5.47. The van der Waals surface area contributed by atoms with E-state index in [1.54, 1.807) is 54.9 Å². The van der Waals surface area contributed by atoms with Crippen LogP contribution >= 0.6 is 0 Å². The highest BCUT2D eigenvalue weighted by molar-refractivity contribution is 6.04. The Morgan fingerprint density at radius 2 is 1.84 bits per heavy atom. The average Bonchev–Trinajstić information content (AvgIpc) is 3.16. The molecule has 2 amide bonds. The van der Waals surface area contributed by atoms with E-state index in [4.69, 9.17) is 5.73 Å². The first-order valence-electron chi connectivity index (χ1n) is 10.1. The van der Waals surface area contributed by atoms with Crippen molar-refractivity contribution in [3.05, 3.63) is 95.1 Å². The minimum atomic E-state index is -0.509. The topological polar surface area (TPSA) is 97.1 Å². The molecule has 7 heteroatoms. The number of fused-ring (bicyclic) bond motifs is 1. The summed E-state index contributed by atoms with van der Waals surface area (Å²) in [5, 5.41) is 5.76. The summed E-state index contributed by atoms with van der Waals surface area (Å²) in [5.41, 5.74) is 10.0. The first kappa shape index (κ1) is 20.7. The number of aryl methyl sites for hydroxylation is 1. The third kappa shape index (κ3) is 4.95. The third-order valence-corrected chi connectivity index (χ3v) is 5.47. The van der Waals surface area contributed by atoms with Crippen molar-refractivity contribution >= 4 is 17.5 Å². The number of pyridine rings is 1. The van der Waals surface area contributed by atoms with Crippen molar-refractivity contribution in [1.82, 2.24) is 10.3 Å². The first-order valence-corrected chi connectivity index (χ1v) is 10.1. The second kappa shape index (κ2) is 9.06. The SMILES string of the molecule is NC(CC(=O)NC1CCc2ccc(F)cc21)c1ccc(C(=O)Nc2ccncc2)cc1. The zero-order chi connectivity index (χ0) is 21.8. The second-order valence-electron chi connectivity index (χ2n) is 7.62. The molecule has 0 radical (unpaired) electrons. The molecule has 1 aliphatic rings. The van der Waals surface area contributed by atoms with E-state index < -0.39 is 6.04 Å². The number of nitrogens with one attached hydrogen (secondary N) is 2. The van der Waals surface area contributed by atoms with Crippen molar-refractivity contribution in [3.8, 4) is 0 Å². The molecular weight excluding hydrogens is 395 g/mol. The number of rotatable bonds is 6. The molecule has 0 aliphatic heterocycles. The summed E-state index contributed by atoms with van der Waals surface area (Å²) in [7, 11) is 0. The van der Waals surface area contributed by atoms with Crippen LogP contribution in [0.25, 0.3) is 0 Å². The predicted molar refractivity (Wildman–Crippen MR) is 116 cm³/mol. The molecule has 2 unspecified atom stereocenters. The van der Waals surface area contributed by atoms with Gasteiger partial charge in [0, 0.05) is 36.1 Å². The van der Waals surface area contributed by atoms with Crippen molar-refractivity contribution in [3.63, 3.8) is 0 Å². The molecule has 2 atom stereocenters. The summed E-state index contributed by atoms with van der Waals surface area (Å²) >= 11 is 0. The molecule has 31 heavy (non-hydrogen) atoms. The van der Waals surface area contributed by atoms with Crippen LogP contribution in [-0.4, -0.2) is 16.8 Å². The molecule has 0 saturated heterocycles. The fraction of sp³-hybridized carbons (Fsp3) is 0.208. The van der Waals surface area contributed by atoms with E-state index in [9.17, 15) is 14.0 Å². The smallest absolute Gasteiger partial charge is 0.255 e. The van der Waals surface area contributed by atoms with Crippen LogP contribution in [0.1, 0.15) is 52.0 Å². The maximum Gasteiger partial charge on any atom is 0.255 e. The van der Waals surface area contributed by atoms with Gasteiger partial charge in [0.2, 0.25) is 5.91 Å².